The van der Waals surface area contributed by atoms with E-state index >= 15 is 0 Å². The predicted octanol–water partition coefficient (Wildman–Crippen LogP) is 4.70. The van der Waals surface area contributed by atoms with E-state index in [1.165, 1.54) is 11.1 Å². The van der Waals surface area contributed by atoms with Gasteiger partial charge >= 0.3 is 0 Å². The molecular formula is C20H24N2O. The average molecular weight is 308 g/mol. The topological polar surface area (TPSA) is 45.0 Å². The number of unbranched alkanes of at least 4 members (excludes halogenated alkanes) is 1. The summed E-state index contributed by atoms with van der Waals surface area (Å²) in [6.07, 6.45) is 3.20. The van der Waals surface area contributed by atoms with Gasteiger partial charge in [0.25, 0.3) is 0 Å². The van der Waals surface area contributed by atoms with Gasteiger partial charge in [0.1, 0.15) is 5.75 Å². The van der Waals surface area contributed by atoms with Gasteiger partial charge in [-0.25, -0.2) is 0 Å². The van der Waals surface area contributed by atoms with Crippen molar-refractivity contribution in [1.82, 2.24) is 0 Å². The lowest BCUT2D eigenvalue weighted by Crippen LogP contribution is -2.04. The molecule has 0 saturated carbocycles. The monoisotopic (exact) mass is 308 g/mol. The largest absolute Gasteiger partial charge is 0.491 e. The molecular weight excluding hydrogens is 284 g/mol. The Hall–Kier alpha value is -2.47. The molecule has 3 heteroatoms. The first kappa shape index (κ1) is 16.9. The third-order valence-electron chi connectivity index (χ3n) is 3.68. The number of aryl methyl sites for hydroxylation is 2. The molecule has 0 aromatic heterocycles. The molecule has 0 aliphatic carbocycles. The SMILES string of the molecule is CCNc1cc(C#N)ccc1OCCCCc1cccc(C)c1. The number of nitrogens with one attached hydrogen (secondary N) is 1. The minimum atomic E-state index is 0.646. The molecule has 0 unspecified atom stereocenters. The number of anilines is 1. The Labute approximate surface area is 138 Å². The zero-order valence-electron chi connectivity index (χ0n) is 13.9. The van der Waals surface area contributed by atoms with Crippen molar-refractivity contribution < 1.29 is 4.74 Å². The Morgan fingerprint density at radius 1 is 1.13 bits per heavy atom. The van der Waals surface area contributed by atoms with Gasteiger partial charge in [0.15, 0.2) is 0 Å². The van der Waals surface area contributed by atoms with Gasteiger partial charge in [-0.2, -0.15) is 5.26 Å². The lowest BCUT2D eigenvalue weighted by molar-refractivity contribution is 0.308. The minimum absolute atomic E-state index is 0.646. The van der Waals surface area contributed by atoms with Gasteiger partial charge in [0, 0.05) is 6.54 Å². The van der Waals surface area contributed by atoms with Crippen LogP contribution in [0.3, 0.4) is 0 Å². The maximum absolute atomic E-state index is 8.98. The molecule has 0 saturated heterocycles. The van der Waals surface area contributed by atoms with Crippen molar-refractivity contribution in [3.63, 3.8) is 0 Å². The zero-order chi connectivity index (χ0) is 16.5. The molecule has 0 fully saturated rings. The van der Waals surface area contributed by atoms with Crippen molar-refractivity contribution in [2.24, 2.45) is 0 Å². The minimum Gasteiger partial charge on any atom is -0.491 e. The van der Waals surface area contributed by atoms with Crippen LogP contribution in [0.5, 0.6) is 5.75 Å². The van der Waals surface area contributed by atoms with Gasteiger partial charge in [-0.3, -0.25) is 0 Å². The van der Waals surface area contributed by atoms with Crippen molar-refractivity contribution >= 4 is 5.69 Å². The molecule has 120 valence electrons. The van der Waals surface area contributed by atoms with Crippen LogP contribution in [0.2, 0.25) is 0 Å². The maximum atomic E-state index is 8.98. The number of hydrogen-bond donors (Lipinski definition) is 1. The van der Waals surface area contributed by atoms with E-state index in [-0.39, 0.29) is 0 Å². The Morgan fingerprint density at radius 3 is 2.74 bits per heavy atom. The van der Waals surface area contributed by atoms with Crippen LogP contribution in [-0.4, -0.2) is 13.2 Å². The summed E-state index contributed by atoms with van der Waals surface area (Å²) < 4.78 is 5.88. The van der Waals surface area contributed by atoms with Crippen molar-refractivity contribution in [3.05, 3.63) is 59.2 Å². The summed E-state index contributed by atoms with van der Waals surface area (Å²) in [7, 11) is 0. The first-order chi connectivity index (χ1) is 11.2. The molecule has 0 bridgehead atoms. The Morgan fingerprint density at radius 2 is 2.00 bits per heavy atom. The molecule has 2 rings (SSSR count). The number of ether oxygens (including phenoxy) is 1. The van der Waals surface area contributed by atoms with E-state index in [4.69, 9.17) is 10.00 Å². The van der Waals surface area contributed by atoms with Crippen LogP contribution in [0.15, 0.2) is 42.5 Å². The van der Waals surface area contributed by atoms with E-state index < -0.39 is 0 Å². The van der Waals surface area contributed by atoms with E-state index in [1.807, 2.05) is 19.1 Å². The summed E-state index contributed by atoms with van der Waals surface area (Å²) in [6, 6.07) is 16.3. The number of nitrogens with zero attached hydrogens (tertiary/aromatic N) is 1. The number of benzene rings is 2. The van der Waals surface area contributed by atoms with Gasteiger partial charge in [-0.1, -0.05) is 29.8 Å². The second kappa shape index (κ2) is 8.85. The smallest absolute Gasteiger partial charge is 0.142 e. The molecule has 0 aliphatic rings. The molecule has 0 atom stereocenters. The van der Waals surface area contributed by atoms with Crippen molar-refractivity contribution in [2.45, 2.75) is 33.1 Å². The summed E-state index contributed by atoms with van der Waals surface area (Å²) in [5.41, 5.74) is 4.24. The van der Waals surface area contributed by atoms with Crippen LogP contribution < -0.4 is 10.1 Å². The summed E-state index contributed by atoms with van der Waals surface area (Å²) in [4.78, 5) is 0. The predicted molar refractivity (Wildman–Crippen MR) is 94.9 cm³/mol. The van der Waals surface area contributed by atoms with E-state index in [2.05, 4.69) is 42.6 Å². The molecule has 0 aliphatic heterocycles. The van der Waals surface area contributed by atoms with Crippen LogP contribution in [0.25, 0.3) is 0 Å². The zero-order valence-corrected chi connectivity index (χ0v) is 13.9. The Balaban J connectivity index is 1.81. The molecule has 3 nitrogen and oxygen atoms in total. The summed E-state index contributed by atoms with van der Waals surface area (Å²) >= 11 is 0. The average Bonchev–Trinajstić information content (AvgIpc) is 2.56. The molecule has 0 radical (unpaired) electrons. The first-order valence-corrected chi connectivity index (χ1v) is 8.19. The second-order valence-electron chi connectivity index (χ2n) is 5.65. The molecule has 0 heterocycles. The van der Waals surface area contributed by atoms with Crippen LogP contribution in [0.1, 0.15) is 36.5 Å². The van der Waals surface area contributed by atoms with Crippen LogP contribution in [0, 0.1) is 18.3 Å². The molecule has 0 amide bonds. The fourth-order valence-electron chi connectivity index (χ4n) is 2.53. The van der Waals surface area contributed by atoms with Gasteiger partial charge in [-0.05, 0) is 56.9 Å². The van der Waals surface area contributed by atoms with Crippen molar-refractivity contribution in [3.8, 4) is 11.8 Å². The van der Waals surface area contributed by atoms with E-state index in [0.29, 0.717) is 12.2 Å². The van der Waals surface area contributed by atoms with Gasteiger partial charge in [0.2, 0.25) is 0 Å². The Bertz CT molecular complexity index is 674. The third kappa shape index (κ3) is 5.34. The van der Waals surface area contributed by atoms with E-state index in [9.17, 15) is 0 Å². The van der Waals surface area contributed by atoms with Gasteiger partial charge in [0.05, 0.1) is 23.9 Å². The normalized spacial score (nSPS) is 10.1. The maximum Gasteiger partial charge on any atom is 0.142 e. The third-order valence-corrected chi connectivity index (χ3v) is 3.68. The lowest BCUT2D eigenvalue weighted by Gasteiger charge is -2.12. The highest BCUT2D eigenvalue weighted by Crippen LogP contribution is 2.25. The molecule has 1 N–H and O–H groups in total. The second-order valence-corrected chi connectivity index (χ2v) is 5.65. The standard InChI is InChI=1S/C20H24N2O/c1-3-22-19-14-18(15-21)10-11-20(19)23-12-5-4-8-17-9-6-7-16(2)13-17/h6-7,9-11,13-14,22H,3-5,8,12H2,1-2H3. The van der Waals surface area contributed by atoms with Crippen LogP contribution in [0.4, 0.5) is 5.69 Å². The molecule has 2 aromatic rings. The highest BCUT2D eigenvalue weighted by molar-refractivity contribution is 5.60. The quantitative estimate of drug-likeness (QED) is 0.719. The van der Waals surface area contributed by atoms with Crippen LogP contribution >= 0.6 is 0 Å². The molecule has 2 aromatic carbocycles. The lowest BCUT2D eigenvalue weighted by atomic mass is 10.1. The number of hydrogen-bond acceptors (Lipinski definition) is 3. The number of nitriles is 1. The molecule has 23 heavy (non-hydrogen) atoms. The molecule has 0 spiro atoms. The van der Waals surface area contributed by atoms with Crippen molar-refractivity contribution in [1.29, 1.82) is 5.26 Å². The summed E-state index contributed by atoms with van der Waals surface area (Å²) in [5, 5.41) is 12.2. The fourth-order valence-corrected chi connectivity index (χ4v) is 2.53. The Kier molecular flexibility index (Phi) is 6.50. The van der Waals surface area contributed by atoms with E-state index in [0.717, 1.165) is 37.2 Å². The van der Waals surface area contributed by atoms with Crippen LogP contribution in [-0.2, 0) is 6.42 Å². The van der Waals surface area contributed by atoms with Crippen molar-refractivity contribution in [2.75, 3.05) is 18.5 Å². The highest BCUT2D eigenvalue weighted by Gasteiger charge is 2.04. The van der Waals surface area contributed by atoms with Gasteiger partial charge in [-0.15, -0.1) is 0 Å². The summed E-state index contributed by atoms with van der Waals surface area (Å²) in [6.45, 7) is 5.65. The fraction of sp³-hybridized carbons (Fsp3) is 0.350. The number of rotatable bonds is 8. The first-order valence-electron chi connectivity index (χ1n) is 8.19. The van der Waals surface area contributed by atoms with Gasteiger partial charge < -0.3 is 10.1 Å². The summed E-state index contributed by atoms with van der Waals surface area (Å²) in [5.74, 6) is 0.821. The van der Waals surface area contributed by atoms with E-state index in [1.54, 1.807) is 6.07 Å². The highest BCUT2D eigenvalue weighted by atomic mass is 16.5.